The highest BCUT2D eigenvalue weighted by atomic mass is 16.5. The lowest BCUT2D eigenvalue weighted by Crippen LogP contribution is -2.40. The SMILES string of the molecule is CC(C)(C)NCC1CCC(COC(C)(C)C)CC1. The molecule has 1 aliphatic rings. The van der Waals surface area contributed by atoms with E-state index >= 15 is 0 Å². The van der Waals surface area contributed by atoms with Crippen LogP contribution < -0.4 is 5.32 Å². The standard InChI is InChI=1S/C16H33NO/c1-15(2,3)17-11-13-7-9-14(10-8-13)12-18-16(4,5)6/h13-14,17H,7-12H2,1-6H3. The Labute approximate surface area is 114 Å². The molecule has 0 saturated heterocycles. The minimum Gasteiger partial charge on any atom is -0.376 e. The molecular formula is C16H33NO. The van der Waals surface area contributed by atoms with Crippen LogP contribution in [-0.2, 0) is 4.74 Å². The maximum Gasteiger partial charge on any atom is 0.0598 e. The average Bonchev–Trinajstić information content (AvgIpc) is 2.23. The summed E-state index contributed by atoms with van der Waals surface area (Å²) >= 11 is 0. The van der Waals surface area contributed by atoms with Gasteiger partial charge in [-0.15, -0.1) is 0 Å². The van der Waals surface area contributed by atoms with Gasteiger partial charge in [0.1, 0.15) is 0 Å². The van der Waals surface area contributed by atoms with Crippen LogP contribution in [0.15, 0.2) is 0 Å². The molecule has 2 nitrogen and oxygen atoms in total. The van der Waals surface area contributed by atoms with Gasteiger partial charge in [-0.3, -0.25) is 0 Å². The predicted molar refractivity (Wildman–Crippen MR) is 78.9 cm³/mol. The van der Waals surface area contributed by atoms with Crippen molar-refractivity contribution in [3.05, 3.63) is 0 Å². The summed E-state index contributed by atoms with van der Waals surface area (Å²) < 4.78 is 5.90. The van der Waals surface area contributed by atoms with Crippen molar-refractivity contribution in [2.75, 3.05) is 13.2 Å². The molecule has 0 aromatic rings. The van der Waals surface area contributed by atoms with Crippen molar-refractivity contribution in [1.29, 1.82) is 0 Å². The topological polar surface area (TPSA) is 21.3 Å². The molecule has 1 rings (SSSR count). The van der Waals surface area contributed by atoms with Crippen LogP contribution in [0.3, 0.4) is 0 Å². The number of nitrogens with one attached hydrogen (secondary N) is 1. The summed E-state index contributed by atoms with van der Waals surface area (Å²) in [6, 6.07) is 0. The molecule has 0 unspecified atom stereocenters. The first-order valence-corrected chi connectivity index (χ1v) is 7.55. The highest BCUT2D eigenvalue weighted by molar-refractivity contribution is 4.78. The van der Waals surface area contributed by atoms with E-state index in [4.69, 9.17) is 4.74 Å². The summed E-state index contributed by atoms with van der Waals surface area (Å²) in [5.41, 5.74) is 0.275. The maximum atomic E-state index is 5.90. The number of rotatable bonds is 4. The van der Waals surface area contributed by atoms with E-state index in [-0.39, 0.29) is 11.1 Å². The molecule has 0 amide bonds. The van der Waals surface area contributed by atoms with Gasteiger partial charge in [-0.1, -0.05) is 0 Å². The van der Waals surface area contributed by atoms with E-state index in [2.05, 4.69) is 46.9 Å². The zero-order chi connectivity index (χ0) is 13.8. The van der Waals surface area contributed by atoms with Gasteiger partial charge >= 0.3 is 0 Å². The zero-order valence-corrected chi connectivity index (χ0v) is 13.3. The van der Waals surface area contributed by atoms with Crippen LogP contribution in [0.4, 0.5) is 0 Å². The predicted octanol–water partition coefficient (Wildman–Crippen LogP) is 4.00. The van der Waals surface area contributed by atoms with Crippen LogP contribution in [0.25, 0.3) is 0 Å². The Bertz CT molecular complexity index is 202. The van der Waals surface area contributed by atoms with Gasteiger partial charge in [0.15, 0.2) is 0 Å². The van der Waals surface area contributed by atoms with E-state index in [1.807, 2.05) is 0 Å². The van der Waals surface area contributed by atoms with Crippen molar-refractivity contribution < 1.29 is 4.74 Å². The first-order chi connectivity index (χ1) is 8.16. The third-order valence-electron chi connectivity index (χ3n) is 3.64. The van der Waals surface area contributed by atoms with Gasteiger partial charge in [-0.25, -0.2) is 0 Å². The lowest BCUT2D eigenvalue weighted by atomic mass is 9.82. The average molecular weight is 255 g/mol. The van der Waals surface area contributed by atoms with Gasteiger partial charge in [0.2, 0.25) is 0 Å². The van der Waals surface area contributed by atoms with Gasteiger partial charge in [0.25, 0.3) is 0 Å². The monoisotopic (exact) mass is 255 g/mol. The Morgan fingerprint density at radius 3 is 1.83 bits per heavy atom. The van der Waals surface area contributed by atoms with E-state index in [9.17, 15) is 0 Å². The highest BCUT2D eigenvalue weighted by Crippen LogP contribution is 2.29. The quantitative estimate of drug-likeness (QED) is 0.820. The minimum absolute atomic E-state index is 0.0185. The number of ether oxygens (including phenoxy) is 1. The van der Waals surface area contributed by atoms with Gasteiger partial charge in [0, 0.05) is 5.54 Å². The van der Waals surface area contributed by atoms with E-state index in [0.717, 1.165) is 18.4 Å². The molecule has 1 fully saturated rings. The zero-order valence-electron chi connectivity index (χ0n) is 13.3. The summed E-state index contributed by atoms with van der Waals surface area (Å²) in [6.07, 6.45) is 5.40. The summed E-state index contributed by atoms with van der Waals surface area (Å²) in [4.78, 5) is 0. The van der Waals surface area contributed by atoms with Crippen molar-refractivity contribution in [2.45, 2.75) is 78.4 Å². The highest BCUT2D eigenvalue weighted by Gasteiger charge is 2.23. The fourth-order valence-electron chi connectivity index (χ4n) is 2.42. The second kappa shape index (κ2) is 6.38. The molecule has 0 radical (unpaired) electrons. The molecule has 0 spiro atoms. The molecule has 2 heteroatoms. The van der Waals surface area contributed by atoms with E-state index in [0.29, 0.717) is 0 Å². The van der Waals surface area contributed by atoms with Crippen molar-refractivity contribution in [3.63, 3.8) is 0 Å². The Morgan fingerprint density at radius 2 is 1.39 bits per heavy atom. The summed E-state index contributed by atoms with van der Waals surface area (Å²) in [5.74, 6) is 1.66. The third-order valence-corrected chi connectivity index (χ3v) is 3.64. The van der Waals surface area contributed by atoms with Crippen LogP contribution in [0.1, 0.15) is 67.2 Å². The molecule has 0 aliphatic heterocycles. The number of hydrogen-bond acceptors (Lipinski definition) is 2. The van der Waals surface area contributed by atoms with Crippen molar-refractivity contribution in [1.82, 2.24) is 5.32 Å². The molecule has 0 aromatic heterocycles. The Balaban J connectivity index is 2.17. The first kappa shape index (κ1) is 16.0. The molecule has 18 heavy (non-hydrogen) atoms. The molecule has 108 valence electrons. The third kappa shape index (κ3) is 7.38. The van der Waals surface area contributed by atoms with E-state index in [1.54, 1.807) is 0 Å². The molecule has 1 saturated carbocycles. The molecule has 0 atom stereocenters. The minimum atomic E-state index is 0.0185. The van der Waals surface area contributed by atoms with E-state index < -0.39 is 0 Å². The summed E-state index contributed by atoms with van der Waals surface area (Å²) in [7, 11) is 0. The van der Waals surface area contributed by atoms with Gasteiger partial charge in [0.05, 0.1) is 12.2 Å². The lowest BCUT2D eigenvalue weighted by molar-refractivity contribution is -0.0302. The van der Waals surface area contributed by atoms with Crippen molar-refractivity contribution >= 4 is 0 Å². The van der Waals surface area contributed by atoms with E-state index in [1.165, 1.54) is 32.2 Å². The Kier molecular flexibility index (Phi) is 5.67. The molecule has 0 bridgehead atoms. The van der Waals surface area contributed by atoms with Crippen LogP contribution in [0.5, 0.6) is 0 Å². The van der Waals surface area contributed by atoms with Crippen molar-refractivity contribution in [2.24, 2.45) is 11.8 Å². The Morgan fingerprint density at radius 1 is 0.889 bits per heavy atom. The normalized spacial score (nSPS) is 26.3. The molecule has 1 N–H and O–H groups in total. The second-order valence-electron chi connectivity index (χ2n) is 7.94. The number of hydrogen-bond donors (Lipinski definition) is 1. The molecular weight excluding hydrogens is 222 g/mol. The van der Waals surface area contributed by atoms with Gasteiger partial charge < -0.3 is 10.1 Å². The van der Waals surface area contributed by atoms with Gasteiger partial charge in [-0.05, 0) is 85.6 Å². The molecule has 0 heterocycles. The Hall–Kier alpha value is -0.0800. The van der Waals surface area contributed by atoms with Crippen molar-refractivity contribution in [3.8, 4) is 0 Å². The summed E-state index contributed by atoms with van der Waals surface area (Å²) in [6.45, 7) is 15.3. The maximum absolute atomic E-state index is 5.90. The van der Waals surface area contributed by atoms with Crippen LogP contribution >= 0.6 is 0 Å². The molecule has 0 aromatic carbocycles. The fraction of sp³-hybridized carbons (Fsp3) is 1.00. The first-order valence-electron chi connectivity index (χ1n) is 7.55. The fourth-order valence-corrected chi connectivity index (χ4v) is 2.42. The lowest BCUT2D eigenvalue weighted by Gasteiger charge is -2.32. The van der Waals surface area contributed by atoms with Crippen LogP contribution in [-0.4, -0.2) is 24.3 Å². The largest absolute Gasteiger partial charge is 0.376 e. The smallest absolute Gasteiger partial charge is 0.0598 e. The summed E-state index contributed by atoms with van der Waals surface area (Å²) in [5, 5.41) is 3.63. The molecule has 1 aliphatic carbocycles. The van der Waals surface area contributed by atoms with Gasteiger partial charge in [-0.2, -0.15) is 0 Å². The second-order valence-corrected chi connectivity index (χ2v) is 7.94. The van der Waals surface area contributed by atoms with Crippen LogP contribution in [0.2, 0.25) is 0 Å². The van der Waals surface area contributed by atoms with Crippen LogP contribution in [0, 0.1) is 11.8 Å².